The number of halogens is 1. The Morgan fingerprint density at radius 1 is 1.31 bits per heavy atom. The number of hydrogen-bond donors (Lipinski definition) is 0. The molecule has 0 bridgehead atoms. The van der Waals surface area contributed by atoms with Crippen molar-refractivity contribution < 1.29 is 0 Å². The second kappa shape index (κ2) is 5.56. The number of hydrogen-bond acceptors (Lipinski definition) is 1. The van der Waals surface area contributed by atoms with Gasteiger partial charge in [-0.25, -0.2) is 0 Å². The van der Waals surface area contributed by atoms with Gasteiger partial charge in [0.15, 0.2) is 0 Å². The van der Waals surface area contributed by atoms with E-state index in [1.807, 2.05) is 30.0 Å². The minimum Gasteiger partial charge on any atom is -0.157 e. The second-order valence-corrected chi connectivity index (χ2v) is 4.94. The van der Waals surface area contributed by atoms with Crippen molar-refractivity contribution in [3.8, 4) is 0 Å². The molecule has 0 saturated heterocycles. The Kier molecular flexibility index (Phi) is 4.68. The molecule has 0 aliphatic heterocycles. The summed E-state index contributed by atoms with van der Waals surface area (Å²) in [5.41, 5.74) is 1.25. The lowest BCUT2D eigenvalue weighted by Gasteiger charge is -2.05. The lowest BCUT2D eigenvalue weighted by Crippen LogP contribution is -1.91. The van der Waals surface area contributed by atoms with Gasteiger partial charge in [-0.15, -0.1) is 0 Å². The van der Waals surface area contributed by atoms with Gasteiger partial charge in [0.1, 0.15) is 0 Å². The summed E-state index contributed by atoms with van der Waals surface area (Å²) in [4.78, 5) is 0. The molecule has 0 radical (unpaired) electrons. The van der Waals surface area contributed by atoms with Crippen molar-refractivity contribution in [2.75, 3.05) is 5.75 Å². The Balaban J connectivity index is 2.41. The second-order valence-electron chi connectivity index (χ2n) is 3.50. The van der Waals surface area contributed by atoms with Gasteiger partial charge < -0.3 is 0 Å². The van der Waals surface area contributed by atoms with E-state index < -0.39 is 0 Å². The standard InChI is InChI=1S/C11H15ClS/c1-9(2)7-13-8-10-5-3-4-6-11(10)12/h3-6,9H,7-8H2,1-2H3. The van der Waals surface area contributed by atoms with E-state index in [-0.39, 0.29) is 0 Å². The van der Waals surface area contributed by atoms with Crippen molar-refractivity contribution in [3.63, 3.8) is 0 Å². The summed E-state index contributed by atoms with van der Waals surface area (Å²) in [5.74, 6) is 2.98. The molecular formula is C11H15ClS. The first-order valence-corrected chi connectivity index (χ1v) is 6.04. The van der Waals surface area contributed by atoms with Gasteiger partial charge in [-0.3, -0.25) is 0 Å². The fourth-order valence-corrected chi connectivity index (χ4v) is 2.36. The van der Waals surface area contributed by atoms with E-state index in [0.29, 0.717) is 0 Å². The largest absolute Gasteiger partial charge is 0.157 e. The summed E-state index contributed by atoms with van der Waals surface area (Å²) in [5, 5.41) is 0.888. The van der Waals surface area contributed by atoms with E-state index in [9.17, 15) is 0 Å². The molecule has 0 spiro atoms. The summed E-state index contributed by atoms with van der Waals surface area (Å²) in [6.07, 6.45) is 0. The van der Waals surface area contributed by atoms with Crippen LogP contribution < -0.4 is 0 Å². The van der Waals surface area contributed by atoms with Crippen molar-refractivity contribution in [2.24, 2.45) is 5.92 Å². The molecule has 13 heavy (non-hydrogen) atoms. The first-order chi connectivity index (χ1) is 6.20. The third kappa shape index (κ3) is 4.06. The molecule has 72 valence electrons. The SMILES string of the molecule is CC(C)CSCc1ccccc1Cl. The van der Waals surface area contributed by atoms with Gasteiger partial charge in [-0.05, 0) is 23.3 Å². The maximum Gasteiger partial charge on any atom is 0.0446 e. The van der Waals surface area contributed by atoms with Crippen LogP contribution in [0.5, 0.6) is 0 Å². The molecule has 0 amide bonds. The van der Waals surface area contributed by atoms with Crippen LogP contribution in [0.25, 0.3) is 0 Å². The predicted molar refractivity (Wildman–Crippen MR) is 62.5 cm³/mol. The van der Waals surface area contributed by atoms with Gasteiger partial charge >= 0.3 is 0 Å². The van der Waals surface area contributed by atoms with Gasteiger partial charge in [0.25, 0.3) is 0 Å². The topological polar surface area (TPSA) is 0 Å². The lowest BCUT2D eigenvalue weighted by atomic mass is 10.2. The molecule has 0 fully saturated rings. The molecule has 0 unspecified atom stereocenters. The average molecular weight is 215 g/mol. The maximum atomic E-state index is 6.03. The van der Waals surface area contributed by atoms with Gasteiger partial charge in [0.2, 0.25) is 0 Å². The third-order valence-corrected chi connectivity index (χ3v) is 3.45. The Bertz CT molecular complexity index is 258. The molecule has 0 saturated carbocycles. The molecule has 0 nitrogen and oxygen atoms in total. The van der Waals surface area contributed by atoms with Crippen LogP contribution in [0, 0.1) is 5.92 Å². The lowest BCUT2D eigenvalue weighted by molar-refractivity contribution is 0.750. The first-order valence-electron chi connectivity index (χ1n) is 4.51. The summed E-state index contributed by atoms with van der Waals surface area (Å²) >= 11 is 7.97. The van der Waals surface area contributed by atoms with Crippen molar-refractivity contribution in [1.29, 1.82) is 0 Å². The Labute approximate surface area is 89.7 Å². The van der Waals surface area contributed by atoms with Crippen LogP contribution in [-0.4, -0.2) is 5.75 Å². The van der Waals surface area contributed by atoms with Crippen LogP contribution in [-0.2, 0) is 5.75 Å². The summed E-state index contributed by atoms with van der Waals surface area (Å²) in [7, 11) is 0. The van der Waals surface area contributed by atoms with Gasteiger partial charge in [-0.2, -0.15) is 11.8 Å². The molecule has 0 atom stereocenters. The molecule has 0 N–H and O–H groups in total. The summed E-state index contributed by atoms with van der Waals surface area (Å²) < 4.78 is 0. The van der Waals surface area contributed by atoms with E-state index in [4.69, 9.17) is 11.6 Å². The monoisotopic (exact) mass is 214 g/mol. The van der Waals surface area contributed by atoms with Crippen LogP contribution in [0.4, 0.5) is 0 Å². The fraction of sp³-hybridized carbons (Fsp3) is 0.455. The summed E-state index contributed by atoms with van der Waals surface area (Å²) in [6, 6.07) is 8.05. The first kappa shape index (κ1) is 10.9. The zero-order valence-electron chi connectivity index (χ0n) is 8.09. The van der Waals surface area contributed by atoms with E-state index >= 15 is 0 Å². The molecule has 2 heteroatoms. The Morgan fingerprint density at radius 3 is 2.62 bits per heavy atom. The predicted octanol–water partition coefficient (Wildman–Crippen LogP) is 4.23. The third-order valence-electron chi connectivity index (χ3n) is 1.67. The molecule has 1 aromatic carbocycles. The van der Waals surface area contributed by atoms with Crippen LogP contribution >= 0.6 is 23.4 Å². The molecule has 0 aliphatic rings. The van der Waals surface area contributed by atoms with Gasteiger partial charge in [-0.1, -0.05) is 43.6 Å². The average Bonchev–Trinajstić information content (AvgIpc) is 2.08. The van der Waals surface area contributed by atoms with Gasteiger partial charge in [0.05, 0.1) is 0 Å². The normalized spacial score (nSPS) is 10.8. The number of thioether (sulfide) groups is 1. The van der Waals surface area contributed by atoms with Gasteiger partial charge in [0, 0.05) is 10.8 Å². The zero-order valence-corrected chi connectivity index (χ0v) is 9.66. The highest BCUT2D eigenvalue weighted by Crippen LogP contribution is 2.21. The Hall–Kier alpha value is -0.140. The molecule has 0 aromatic heterocycles. The van der Waals surface area contributed by atoms with Crippen molar-refractivity contribution in [3.05, 3.63) is 34.9 Å². The van der Waals surface area contributed by atoms with Crippen molar-refractivity contribution in [1.82, 2.24) is 0 Å². The van der Waals surface area contributed by atoms with Crippen LogP contribution in [0.3, 0.4) is 0 Å². The Morgan fingerprint density at radius 2 is 2.00 bits per heavy atom. The zero-order chi connectivity index (χ0) is 9.68. The van der Waals surface area contributed by atoms with E-state index in [0.717, 1.165) is 16.7 Å². The highest BCUT2D eigenvalue weighted by molar-refractivity contribution is 7.98. The van der Waals surface area contributed by atoms with Crippen LogP contribution in [0.15, 0.2) is 24.3 Å². The minimum absolute atomic E-state index is 0.757. The number of benzene rings is 1. The quantitative estimate of drug-likeness (QED) is 0.723. The maximum absolute atomic E-state index is 6.03. The molecule has 1 aromatic rings. The van der Waals surface area contributed by atoms with Crippen LogP contribution in [0.1, 0.15) is 19.4 Å². The smallest absolute Gasteiger partial charge is 0.0446 e. The molecule has 0 aliphatic carbocycles. The van der Waals surface area contributed by atoms with Crippen molar-refractivity contribution >= 4 is 23.4 Å². The summed E-state index contributed by atoms with van der Waals surface area (Å²) in [6.45, 7) is 4.47. The number of rotatable bonds is 4. The van der Waals surface area contributed by atoms with E-state index in [1.165, 1.54) is 11.3 Å². The fourth-order valence-electron chi connectivity index (χ4n) is 1.02. The highest BCUT2D eigenvalue weighted by Gasteiger charge is 1.99. The minimum atomic E-state index is 0.757. The molecule has 1 rings (SSSR count). The molecule has 0 heterocycles. The molecular weight excluding hydrogens is 200 g/mol. The van der Waals surface area contributed by atoms with E-state index in [1.54, 1.807) is 0 Å². The highest BCUT2D eigenvalue weighted by atomic mass is 35.5. The van der Waals surface area contributed by atoms with E-state index in [2.05, 4.69) is 19.9 Å². The van der Waals surface area contributed by atoms with Crippen molar-refractivity contribution in [2.45, 2.75) is 19.6 Å². The van der Waals surface area contributed by atoms with Crippen LogP contribution in [0.2, 0.25) is 5.02 Å².